The molecule has 3 rings (SSSR count). The summed E-state index contributed by atoms with van der Waals surface area (Å²) < 4.78 is 5.79. The second kappa shape index (κ2) is 5.38. The number of nitrogens with zero attached hydrogens (tertiary/aromatic N) is 2. The number of aromatic nitrogens is 2. The number of hydrogen-bond acceptors (Lipinski definition) is 5. The third kappa shape index (κ3) is 2.40. The highest BCUT2D eigenvalue weighted by molar-refractivity contribution is 7.98. The van der Waals surface area contributed by atoms with Crippen LogP contribution >= 0.6 is 11.8 Å². The Morgan fingerprint density at radius 2 is 1.90 bits per heavy atom. The van der Waals surface area contributed by atoms with E-state index in [1.54, 1.807) is 48.4 Å². The minimum atomic E-state index is 0.227. The number of aromatic hydroxyl groups is 1. The Morgan fingerprint density at radius 3 is 2.65 bits per heavy atom. The van der Waals surface area contributed by atoms with Gasteiger partial charge in [0.25, 0.3) is 0 Å². The van der Waals surface area contributed by atoms with Gasteiger partial charge in [0.2, 0.25) is 5.89 Å². The molecule has 0 aliphatic carbocycles. The number of rotatable bonds is 3. The molecule has 0 saturated carbocycles. The van der Waals surface area contributed by atoms with Gasteiger partial charge in [-0.2, -0.15) is 0 Å². The monoisotopic (exact) mass is 284 g/mol. The summed E-state index contributed by atoms with van der Waals surface area (Å²) in [5.74, 6) is 1.44. The molecule has 1 aromatic carbocycles. The molecule has 0 spiro atoms. The van der Waals surface area contributed by atoms with Crippen molar-refractivity contribution in [2.45, 2.75) is 5.03 Å². The standard InChI is InChI=1S/C15H12N2O2S/c1-20-15-12(3-2-8-16-15)14-17-9-13(19-14)10-4-6-11(18)7-5-10/h2-9,18H,1H3. The van der Waals surface area contributed by atoms with E-state index in [9.17, 15) is 5.11 Å². The first-order valence-corrected chi connectivity index (χ1v) is 7.25. The van der Waals surface area contributed by atoms with E-state index in [0.717, 1.165) is 16.2 Å². The highest BCUT2D eigenvalue weighted by Gasteiger charge is 2.12. The van der Waals surface area contributed by atoms with Crippen molar-refractivity contribution in [3.63, 3.8) is 0 Å². The van der Waals surface area contributed by atoms with E-state index in [1.807, 2.05) is 18.4 Å². The predicted molar refractivity (Wildman–Crippen MR) is 78.6 cm³/mol. The molecule has 2 aromatic heterocycles. The lowest BCUT2D eigenvalue weighted by Gasteiger charge is -2.01. The van der Waals surface area contributed by atoms with Crippen molar-refractivity contribution in [1.82, 2.24) is 9.97 Å². The summed E-state index contributed by atoms with van der Waals surface area (Å²) in [6, 6.07) is 10.6. The lowest BCUT2D eigenvalue weighted by Crippen LogP contribution is -1.84. The van der Waals surface area contributed by atoms with Crippen molar-refractivity contribution in [3.8, 4) is 28.5 Å². The van der Waals surface area contributed by atoms with E-state index < -0.39 is 0 Å². The summed E-state index contributed by atoms with van der Waals surface area (Å²) in [5.41, 5.74) is 1.75. The summed E-state index contributed by atoms with van der Waals surface area (Å²) in [7, 11) is 0. The Kier molecular flexibility index (Phi) is 3.43. The molecule has 4 nitrogen and oxygen atoms in total. The van der Waals surface area contributed by atoms with Crippen LogP contribution in [0.25, 0.3) is 22.8 Å². The van der Waals surface area contributed by atoms with Gasteiger partial charge in [0.05, 0.1) is 11.8 Å². The van der Waals surface area contributed by atoms with E-state index in [1.165, 1.54) is 0 Å². The molecule has 0 aliphatic rings. The molecule has 2 heterocycles. The van der Waals surface area contributed by atoms with Crippen molar-refractivity contribution in [1.29, 1.82) is 0 Å². The maximum atomic E-state index is 9.30. The molecule has 100 valence electrons. The van der Waals surface area contributed by atoms with E-state index in [0.29, 0.717) is 11.7 Å². The Balaban J connectivity index is 2.00. The van der Waals surface area contributed by atoms with Crippen LogP contribution in [0, 0.1) is 0 Å². The number of hydrogen-bond donors (Lipinski definition) is 1. The van der Waals surface area contributed by atoms with Gasteiger partial charge in [0, 0.05) is 11.8 Å². The summed E-state index contributed by atoms with van der Waals surface area (Å²) in [5, 5.41) is 10.2. The highest BCUT2D eigenvalue weighted by Crippen LogP contribution is 2.31. The fraction of sp³-hybridized carbons (Fsp3) is 0.0667. The SMILES string of the molecule is CSc1ncccc1-c1ncc(-c2ccc(O)cc2)o1. The normalized spacial score (nSPS) is 10.7. The zero-order valence-electron chi connectivity index (χ0n) is 10.8. The van der Waals surface area contributed by atoms with Gasteiger partial charge in [-0.1, -0.05) is 0 Å². The van der Waals surface area contributed by atoms with Crippen molar-refractivity contribution < 1.29 is 9.52 Å². The lowest BCUT2D eigenvalue weighted by atomic mass is 10.2. The Labute approximate surface area is 120 Å². The van der Waals surface area contributed by atoms with Crippen molar-refractivity contribution in [2.75, 3.05) is 6.26 Å². The van der Waals surface area contributed by atoms with Crippen molar-refractivity contribution in [3.05, 3.63) is 48.8 Å². The van der Waals surface area contributed by atoms with Gasteiger partial charge in [-0.15, -0.1) is 11.8 Å². The quantitative estimate of drug-likeness (QED) is 0.741. The first-order valence-electron chi connectivity index (χ1n) is 6.02. The van der Waals surface area contributed by atoms with Crippen LogP contribution in [-0.4, -0.2) is 21.3 Å². The number of pyridine rings is 1. The summed E-state index contributed by atoms with van der Waals surface area (Å²) >= 11 is 1.55. The number of benzene rings is 1. The second-order valence-electron chi connectivity index (χ2n) is 4.14. The van der Waals surface area contributed by atoms with Crippen LogP contribution in [-0.2, 0) is 0 Å². The number of phenolic OH excluding ortho intramolecular Hbond substituents is 1. The average Bonchev–Trinajstić information content (AvgIpc) is 2.97. The van der Waals surface area contributed by atoms with Gasteiger partial charge >= 0.3 is 0 Å². The van der Waals surface area contributed by atoms with Crippen molar-refractivity contribution >= 4 is 11.8 Å². The second-order valence-corrected chi connectivity index (χ2v) is 4.93. The summed E-state index contributed by atoms with van der Waals surface area (Å²) in [6.45, 7) is 0. The molecular weight excluding hydrogens is 272 g/mol. The van der Waals surface area contributed by atoms with Gasteiger partial charge in [-0.25, -0.2) is 9.97 Å². The minimum absolute atomic E-state index is 0.227. The Morgan fingerprint density at radius 1 is 1.10 bits per heavy atom. The molecular formula is C15H12N2O2S. The van der Waals surface area contributed by atoms with E-state index in [2.05, 4.69) is 9.97 Å². The van der Waals surface area contributed by atoms with Crippen LogP contribution in [0.5, 0.6) is 5.75 Å². The third-order valence-electron chi connectivity index (χ3n) is 2.85. The van der Waals surface area contributed by atoms with Gasteiger partial charge in [-0.05, 0) is 42.7 Å². The van der Waals surface area contributed by atoms with Gasteiger partial charge in [-0.3, -0.25) is 0 Å². The molecule has 0 radical (unpaired) electrons. The van der Waals surface area contributed by atoms with Crippen LogP contribution in [0.1, 0.15) is 0 Å². The summed E-state index contributed by atoms with van der Waals surface area (Å²) in [4.78, 5) is 8.61. The van der Waals surface area contributed by atoms with E-state index >= 15 is 0 Å². The van der Waals surface area contributed by atoms with Crippen LogP contribution in [0.3, 0.4) is 0 Å². The molecule has 20 heavy (non-hydrogen) atoms. The maximum absolute atomic E-state index is 9.30. The Bertz CT molecular complexity index is 723. The minimum Gasteiger partial charge on any atom is -0.508 e. The van der Waals surface area contributed by atoms with Crippen LogP contribution < -0.4 is 0 Å². The predicted octanol–water partition coefficient (Wildman–Crippen LogP) is 3.83. The first kappa shape index (κ1) is 12.7. The molecule has 0 atom stereocenters. The van der Waals surface area contributed by atoms with Gasteiger partial charge in [0.15, 0.2) is 5.76 Å². The molecule has 0 amide bonds. The van der Waals surface area contributed by atoms with Crippen LogP contribution in [0.4, 0.5) is 0 Å². The lowest BCUT2D eigenvalue weighted by molar-refractivity contribution is 0.475. The van der Waals surface area contributed by atoms with Gasteiger partial charge < -0.3 is 9.52 Å². The number of oxazole rings is 1. The Hall–Kier alpha value is -2.27. The highest BCUT2D eigenvalue weighted by atomic mass is 32.2. The third-order valence-corrected chi connectivity index (χ3v) is 3.56. The maximum Gasteiger partial charge on any atom is 0.229 e. The molecule has 0 aliphatic heterocycles. The van der Waals surface area contributed by atoms with Crippen LogP contribution in [0.15, 0.2) is 58.2 Å². The van der Waals surface area contributed by atoms with Crippen molar-refractivity contribution in [2.24, 2.45) is 0 Å². The zero-order chi connectivity index (χ0) is 13.9. The van der Waals surface area contributed by atoms with Gasteiger partial charge in [0.1, 0.15) is 10.8 Å². The fourth-order valence-corrected chi connectivity index (χ4v) is 2.42. The van der Waals surface area contributed by atoms with E-state index in [-0.39, 0.29) is 5.75 Å². The van der Waals surface area contributed by atoms with Crippen LogP contribution in [0.2, 0.25) is 0 Å². The number of thioether (sulfide) groups is 1. The number of phenols is 1. The molecule has 3 aromatic rings. The molecule has 0 fully saturated rings. The molecule has 5 heteroatoms. The first-order chi connectivity index (χ1) is 9.78. The molecule has 0 saturated heterocycles. The largest absolute Gasteiger partial charge is 0.508 e. The zero-order valence-corrected chi connectivity index (χ0v) is 11.6. The summed E-state index contributed by atoms with van der Waals surface area (Å²) in [6.07, 6.45) is 5.40. The van der Waals surface area contributed by atoms with E-state index in [4.69, 9.17) is 4.42 Å². The fourth-order valence-electron chi connectivity index (χ4n) is 1.87. The molecule has 0 bridgehead atoms. The smallest absolute Gasteiger partial charge is 0.229 e. The average molecular weight is 284 g/mol. The molecule has 0 unspecified atom stereocenters. The molecule has 1 N–H and O–H groups in total. The topological polar surface area (TPSA) is 59.2 Å².